The monoisotopic (exact) mass is 477 g/mol. The van der Waals surface area contributed by atoms with Gasteiger partial charge >= 0.3 is 0 Å². The molecule has 0 saturated heterocycles. The Kier molecular flexibility index (Phi) is 8.33. The maximum Gasteiger partial charge on any atom is 0.243 e. The molecule has 0 atom stereocenters. The van der Waals surface area contributed by atoms with Gasteiger partial charge in [0.05, 0.1) is 0 Å². The largest absolute Gasteiger partial charge is 0.344 e. The molecule has 2 amide bonds. The molecule has 7 heteroatoms. The van der Waals surface area contributed by atoms with Gasteiger partial charge < -0.3 is 9.47 Å². The van der Waals surface area contributed by atoms with Crippen molar-refractivity contribution in [3.63, 3.8) is 0 Å². The van der Waals surface area contributed by atoms with Crippen molar-refractivity contribution in [1.29, 1.82) is 0 Å². The molecular weight excluding hydrogens is 446 g/mol. The normalized spacial score (nSPS) is 13.5. The topological polar surface area (TPSA) is 74.6 Å². The number of hydroxylamine groups is 1. The first-order valence-electron chi connectivity index (χ1n) is 11.0. The van der Waals surface area contributed by atoms with Crippen LogP contribution in [0.5, 0.6) is 0 Å². The first-order valence-corrected chi connectivity index (χ1v) is 11.8. The minimum atomic E-state index is -0.347. The van der Waals surface area contributed by atoms with E-state index in [0.29, 0.717) is 19.4 Å². The highest BCUT2D eigenvalue weighted by Gasteiger charge is 2.26. The zero-order valence-corrected chi connectivity index (χ0v) is 19.3. The van der Waals surface area contributed by atoms with Crippen molar-refractivity contribution in [2.24, 2.45) is 0 Å². The number of halogens is 1. The Balaban J connectivity index is 1.61. The molecule has 2 heterocycles. The van der Waals surface area contributed by atoms with Crippen LogP contribution >= 0.6 is 15.9 Å². The number of benzene rings is 1. The average Bonchev–Trinajstić information content (AvgIpc) is 3.06. The van der Waals surface area contributed by atoms with Gasteiger partial charge in [-0.3, -0.25) is 14.8 Å². The first-order chi connectivity index (χ1) is 14.5. The van der Waals surface area contributed by atoms with Crippen LogP contribution < -0.4 is 5.48 Å². The number of rotatable bonds is 10. The number of fused-ring (bicyclic) bond motifs is 3. The molecule has 0 bridgehead atoms. The molecule has 0 spiro atoms. The number of carbonyl (C=O) groups excluding carboxylic acids is 2. The molecule has 0 aliphatic carbocycles. The molecule has 164 valence electrons. The fourth-order valence-electron chi connectivity index (χ4n) is 4.34. The Bertz CT molecular complexity index is 893. The lowest BCUT2D eigenvalue weighted by atomic mass is 10.0. The minimum Gasteiger partial charge on any atom is -0.344 e. The molecule has 0 fully saturated rings. The Morgan fingerprint density at radius 3 is 2.63 bits per heavy atom. The Labute approximate surface area is 186 Å². The lowest BCUT2D eigenvalue weighted by molar-refractivity contribution is -0.132. The standard InChI is InChI=1S/C23H32BrN3O3/c1-2-3-13-27-20-11-10-17(24)15-18(20)19-16-26(14-12-21(19)27)23(29)9-7-5-4-6-8-22(28)25-30/h10-11,15,30H,2-9,12-14,16H2,1H3,(H,25,28). The summed E-state index contributed by atoms with van der Waals surface area (Å²) in [5.74, 6) is -0.127. The fourth-order valence-corrected chi connectivity index (χ4v) is 4.70. The third kappa shape index (κ3) is 5.43. The van der Waals surface area contributed by atoms with E-state index in [9.17, 15) is 9.59 Å². The summed E-state index contributed by atoms with van der Waals surface area (Å²) in [7, 11) is 0. The number of aryl methyl sites for hydroxylation is 1. The van der Waals surface area contributed by atoms with E-state index in [2.05, 4.69) is 45.6 Å². The molecule has 1 aliphatic heterocycles. The predicted molar refractivity (Wildman–Crippen MR) is 121 cm³/mol. The highest BCUT2D eigenvalue weighted by Crippen LogP contribution is 2.33. The predicted octanol–water partition coefficient (Wildman–Crippen LogP) is 4.93. The van der Waals surface area contributed by atoms with E-state index in [1.165, 1.54) is 28.6 Å². The fraction of sp³-hybridized carbons (Fsp3) is 0.565. The van der Waals surface area contributed by atoms with E-state index in [1.807, 2.05) is 4.90 Å². The zero-order chi connectivity index (χ0) is 21.5. The van der Waals surface area contributed by atoms with Crippen LogP contribution in [0.4, 0.5) is 0 Å². The molecule has 0 unspecified atom stereocenters. The van der Waals surface area contributed by atoms with Crippen LogP contribution in [0.15, 0.2) is 22.7 Å². The second-order valence-electron chi connectivity index (χ2n) is 8.11. The van der Waals surface area contributed by atoms with Gasteiger partial charge in [-0.25, -0.2) is 5.48 Å². The number of carbonyl (C=O) groups is 2. The molecule has 30 heavy (non-hydrogen) atoms. The second-order valence-corrected chi connectivity index (χ2v) is 9.02. The lowest BCUT2D eigenvalue weighted by Gasteiger charge is -2.28. The molecule has 3 rings (SSSR count). The number of amides is 2. The summed E-state index contributed by atoms with van der Waals surface area (Å²) in [5, 5.41) is 9.76. The smallest absolute Gasteiger partial charge is 0.243 e. The molecule has 1 aromatic heterocycles. The zero-order valence-electron chi connectivity index (χ0n) is 17.8. The maximum absolute atomic E-state index is 12.8. The minimum absolute atomic E-state index is 0.221. The number of nitrogens with zero attached hydrogens (tertiary/aromatic N) is 2. The van der Waals surface area contributed by atoms with Crippen LogP contribution in [0.2, 0.25) is 0 Å². The van der Waals surface area contributed by atoms with E-state index in [1.54, 1.807) is 5.48 Å². The third-order valence-corrected chi connectivity index (χ3v) is 6.47. The number of aromatic nitrogens is 1. The SMILES string of the molecule is CCCCn1c2c(c3cc(Br)ccc31)CN(C(=O)CCCCCCC(=O)NO)CC2. The summed E-state index contributed by atoms with van der Waals surface area (Å²) >= 11 is 3.61. The van der Waals surface area contributed by atoms with Gasteiger partial charge in [-0.05, 0) is 37.5 Å². The van der Waals surface area contributed by atoms with Crippen LogP contribution in [0.25, 0.3) is 10.9 Å². The maximum atomic E-state index is 12.8. The van der Waals surface area contributed by atoms with E-state index < -0.39 is 0 Å². The van der Waals surface area contributed by atoms with Gasteiger partial charge in [0.2, 0.25) is 11.8 Å². The highest BCUT2D eigenvalue weighted by atomic mass is 79.9. The van der Waals surface area contributed by atoms with Crippen LogP contribution in [-0.2, 0) is 29.1 Å². The van der Waals surface area contributed by atoms with Crippen LogP contribution in [0.3, 0.4) is 0 Å². The number of nitrogens with one attached hydrogen (secondary N) is 1. The summed E-state index contributed by atoms with van der Waals surface area (Å²) in [5.41, 5.74) is 5.62. The van der Waals surface area contributed by atoms with Gasteiger partial charge in [-0.2, -0.15) is 0 Å². The Morgan fingerprint density at radius 1 is 1.13 bits per heavy atom. The third-order valence-electron chi connectivity index (χ3n) is 5.97. The van der Waals surface area contributed by atoms with Crippen molar-refractivity contribution in [2.75, 3.05) is 6.54 Å². The first kappa shape index (κ1) is 22.8. The average molecular weight is 478 g/mol. The van der Waals surface area contributed by atoms with E-state index in [0.717, 1.165) is 56.1 Å². The molecule has 0 radical (unpaired) electrons. The highest BCUT2D eigenvalue weighted by molar-refractivity contribution is 9.10. The number of hydrogen-bond acceptors (Lipinski definition) is 3. The summed E-state index contributed by atoms with van der Waals surface area (Å²) in [6.45, 7) is 4.73. The second kappa shape index (κ2) is 11.0. The van der Waals surface area contributed by atoms with E-state index >= 15 is 0 Å². The molecule has 1 aromatic carbocycles. The lowest BCUT2D eigenvalue weighted by Crippen LogP contribution is -2.36. The van der Waals surface area contributed by atoms with Crippen molar-refractivity contribution in [2.45, 2.75) is 77.8 Å². The van der Waals surface area contributed by atoms with Crippen molar-refractivity contribution >= 4 is 38.6 Å². The van der Waals surface area contributed by atoms with E-state index in [-0.39, 0.29) is 11.8 Å². The van der Waals surface area contributed by atoms with Gasteiger partial charge in [0.15, 0.2) is 0 Å². The van der Waals surface area contributed by atoms with Crippen molar-refractivity contribution in [3.05, 3.63) is 33.9 Å². The number of unbranched alkanes of at least 4 members (excludes halogenated alkanes) is 4. The summed E-state index contributed by atoms with van der Waals surface area (Å²) in [6, 6.07) is 6.48. The van der Waals surface area contributed by atoms with Crippen LogP contribution in [0, 0.1) is 0 Å². The molecule has 1 aliphatic rings. The van der Waals surface area contributed by atoms with Gasteiger partial charge in [0.1, 0.15) is 0 Å². The Hall–Kier alpha value is -1.86. The quantitative estimate of drug-likeness (QED) is 0.289. The molecule has 2 N–H and O–H groups in total. The molecule has 2 aromatic rings. The summed E-state index contributed by atoms with van der Waals surface area (Å²) in [6.07, 6.45) is 7.52. The summed E-state index contributed by atoms with van der Waals surface area (Å²) < 4.78 is 3.54. The molecule has 0 saturated carbocycles. The van der Waals surface area contributed by atoms with Gasteiger partial charge in [0.25, 0.3) is 0 Å². The van der Waals surface area contributed by atoms with Crippen LogP contribution in [0.1, 0.15) is 69.5 Å². The van der Waals surface area contributed by atoms with Gasteiger partial charge in [-0.15, -0.1) is 0 Å². The van der Waals surface area contributed by atoms with Crippen molar-refractivity contribution in [1.82, 2.24) is 14.9 Å². The molecule has 6 nitrogen and oxygen atoms in total. The van der Waals surface area contributed by atoms with Crippen molar-refractivity contribution < 1.29 is 14.8 Å². The summed E-state index contributed by atoms with van der Waals surface area (Å²) in [4.78, 5) is 25.8. The molecular formula is C23H32BrN3O3. The number of hydrogen-bond donors (Lipinski definition) is 2. The Morgan fingerprint density at radius 2 is 1.90 bits per heavy atom. The van der Waals surface area contributed by atoms with E-state index in [4.69, 9.17) is 5.21 Å². The van der Waals surface area contributed by atoms with Crippen molar-refractivity contribution in [3.8, 4) is 0 Å². The van der Waals surface area contributed by atoms with Gasteiger partial charge in [-0.1, -0.05) is 42.1 Å². The van der Waals surface area contributed by atoms with Crippen LogP contribution in [-0.4, -0.2) is 33.0 Å². The van der Waals surface area contributed by atoms with Gasteiger partial charge in [0, 0.05) is 65.5 Å².